The normalized spacial score (nSPS) is 11.6. The molecule has 0 aromatic heterocycles. The second-order valence-corrected chi connectivity index (χ2v) is 32.3. The van der Waals surface area contributed by atoms with Crippen LogP contribution < -0.4 is 99.5 Å². The Morgan fingerprint density at radius 1 is 0.226 bits per heavy atom. The zero-order chi connectivity index (χ0) is 101. The first-order valence-corrected chi connectivity index (χ1v) is 45.1. The fraction of sp³-hybridized carbons (Fsp3) is 0.500. The molecule has 0 saturated carbocycles. The Bertz CT molecular complexity index is 4600. The van der Waals surface area contributed by atoms with Crippen molar-refractivity contribution in [3.8, 4) is 0 Å². The first-order valence-electron chi connectivity index (χ1n) is 45.1. The van der Waals surface area contributed by atoms with Gasteiger partial charge in [0.15, 0.2) is 47.7 Å². The van der Waals surface area contributed by atoms with Gasteiger partial charge in [0.1, 0.15) is 19.6 Å². The molecule has 0 saturated heterocycles. The number of nitrogens with zero attached hydrogens (tertiary/aromatic N) is 11. The average Bonchev–Trinajstić information content (AvgIpc) is 0.833. The molecule has 49 nitrogen and oxygen atoms in total. The molecule has 752 valence electrons. The molecule has 0 aliphatic heterocycles. The summed E-state index contributed by atoms with van der Waals surface area (Å²) in [5.74, 6) is -12.1. The van der Waals surface area contributed by atoms with E-state index < -0.39 is 197 Å². The van der Waals surface area contributed by atoms with Crippen molar-refractivity contribution in [3.05, 3.63) is 144 Å². The molecule has 0 aliphatic carbocycles. The third kappa shape index (κ3) is 44.8. The number of hydrogen-bond donors (Lipinski definition) is 26. The maximum Gasteiger partial charge on any atom is 0.243 e. The number of primary amides is 1. The van der Waals surface area contributed by atoms with Crippen LogP contribution >= 0.6 is 0 Å². The van der Waals surface area contributed by atoms with Gasteiger partial charge in [0, 0.05) is 98.2 Å². The van der Waals surface area contributed by atoms with E-state index in [1.165, 1.54) is 34.3 Å². The SMILES string of the molecule is C[C@H](c1ccccc1)N(CC(N)=O)C(=O)CN(CCCNC(=N)N)C(=O)CN(CCCNC(=N)N)C(=O)CN(C(=O)CN(CCCNC(=N)N)C(=O)CN(CCCNC(=N)N)C(=O)CN(C(=O)CN(CCCNC(=N)N)C(=O)CN(CCCNC(=N)N)C(=O)CN(C(=O)CN(CCCNC(=N)N)C(=O)CNCCCNC(=N)N)[C@H](C)c1ccccc1)[C@@H](C)c1ccccc1)[C@H](C)c1ccccc1. The minimum atomic E-state index is -0.984. The maximum atomic E-state index is 15.7. The number of rotatable bonds is 64. The van der Waals surface area contributed by atoms with Gasteiger partial charge in [0.05, 0.1) is 83.1 Å². The van der Waals surface area contributed by atoms with Gasteiger partial charge in [-0.1, -0.05) is 121 Å². The number of nitrogens with one attached hydrogen (secondary N) is 17. The van der Waals surface area contributed by atoms with Gasteiger partial charge >= 0.3 is 0 Å². The molecule has 0 heterocycles. The Kier molecular flexibility index (Phi) is 51.7. The third-order valence-corrected chi connectivity index (χ3v) is 21.8. The van der Waals surface area contributed by atoms with Crippen LogP contribution in [0.1, 0.15) is 125 Å². The molecular formula is C88H143N37O12. The van der Waals surface area contributed by atoms with E-state index in [4.69, 9.17) is 94.9 Å². The van der Waals surface area contributed by atoms with Crippen LogP contribution in [0, 0.1) is 43.3 Å². The summed E-state index contributed by atoms with van der Waals surface area (Å²) in [6.07, 6.45) is 1.11. The molecule has 0 unspecified atom stereocenters. The first kappa shape index (κ1) is 114. The van der Waals surface area contributed by atoms with Crippen molar-refractivity contribution >= 4 is 119 Å². The van der Waals surface area contributed by atoms with E-state index in [-0.39, 0.29) is 161 Å². The smallest absolute Gasteiger partial charge is 0.243 e. The van der Waals surface area contributed by atoms with E-state index in [1.54, 1.807) is 149 Å². The largest absolute Gasteiger partial charge is 0.370 e. The van der Waals surface area contributed by atoms with E-state index in [1.807, 2.05) is 0 Å². The Labute approximate surface area is 799 Å². The summed E-state index contributed by atoms with van der Waals surface area (Å²) in [6, 6.07) is 31.1. The molecule has 4 aromatic rings. The van der Waals surface area contributed by atoms with Gasteiger partial charge in [-0.3, -0.25) is 101 Å². The highest BCUT2D eigenvalue weighted by Gasteiger charge is 2.37. The predicted molar refractivity (Wildman–Crippen MR) is 521 cm³/mol. The van der Waals surface area contributed by atoms with Gasteiger partial charge in [0.25, 0.3) is 0 Å². The summed E-state index contributed by atoms with van der Waals surface area (Å²) in [4.78, 5) is 193. The molecule has 12 amide bonds. The highest BCUT2D eigenvalue weighted by Crippen LogP contribution is 2.26. The summed E-state index contributed by atoms with van der Waals surface area (Å²) < 4.78 is 0. The van der Waals surface area contributed by atoms with Gasteiger partial charge in [-0.05, 0) is 108 Å². The van der Waals surface area contributed by atoms with E-state index in [0.717, 1.165) is 19.6 Å². The van der Waals surface area contributed by atoms with E-state index in [9.17, 15) is 19.2 Å². The van der Waals surface area contributed by atoms with Crippen molar-refractivity contribution in [2.45, 2.75) is 103 Å². The van der Waals surface area contributed by atoms with Crippen LogP contribution in [-0.2, 0) is 57.5 Å². The molecule has 137 heavy (non-hydrogen) atoms. The van der Waals surface area contributed by atoms with Gasteiger partial charge < -0.3 is 153 Å². The van der Waals surface area contributed by atoms with Gasteiger partial charge in [0.2, 0.25) is 70.9 Å². The Morgan fingerprint density at radius 3 is 0.584 bits per heavy atom. The number of carbonyl (C=O) groups is 12. The molecular weight excluding hydrogens is 1770 g/mol. The quantitative estimate of drug-likeness (QED) is 0.0112. The Hall–Kier alpha value is -15.4. The Balaban J connectivity index is 1.85. The predicted octanol–water partition coefficient (Wildman–Crippen LogP) is -4.79. The van der Waals surface area contributed by atoms with Gasteiger partial charge in [-0.25, -0.2) is 0 Å². The van der Waals surface area contributed by atoms with Crippen LogP contribution in [-0.4, -0.2) is 356 Å². The fourth-order valence-electron chi connectivity index (χ4n) is 14.4. The highest BCUT2D eigenvalue weighted by molar-refractivity contribution is 5.96. The molecule has 0 aliphatic rings. The van der Waals surface area contributed by atoms with Crippen molar-refractivity contribution in [1.82, 2.24) is 102 Å². The Morgan fingerprint density at radius 2 is 0.394 bits per heavy atom. The summed E-state index contributed by atoms with van der Waals surface area (Å²) in [5.41, 5.74) is 53.1. The maximum absolute atomic E-state index is 15.7. The molecule has 0 spiro atoms. The molecule has 4 aromatic carbocycles. The lowest BCUT2D eigenvalue weighted by Gasteiger charge is -2.36. The molecule has 4 rings (SSSR count). The topological polar surface area (TPSA) is 774 Å². The number of amides is 12. The number of hydrogen-bond acceptors (Lipinski definition) is 21. The molecule has 4 atom stereocenters. The monoisotopic (exact) mass is 1910 g/mol. The van der Waals surface area contributed by atoms with E-state index in [0.29, 0.717) is 41.8 Å². The highest BCUT2D eigenvalue weighted by atomic mass is 16.2. The average molecular weight is 1910 g/mol. The van der Waals surface area contributed by atoms with Crippen LogP contribution in [0.3, 0.4) is 0 Å². The lowest BCUT2D eigenvalue weighted by molar-refractivity contribution is -0.150. The zero-order valence-electron chi connectivity index (χ0n) is 78.8. The summed E-state index contributed by atoms with van der Waals surface area (Å²) in [5, 5.41) is 86.9. The van der Waals surface area contributed by atoms with Crippen molar-refractivity contribution < 1.29 is 57.5 Å². The molecule has 35 N–H and O–H groups in total. The van der Waals surface area contributed by atoms with E-state index in [2.05, 4.69) is 47.9 Å². The lowest BCUT2D eigenvalue weighted by Crippen LogP contribution is -2.54. The second kappa shape index (κ2) is 62.2. The van der Waals surface area contributed by atoms with Crippen LogP contribution in [0.2, 0.25) is 0 Å². The summed E-state index contributed by atoms with van der Waals surface area (Å²) in [6.45, 7) is -1.55. The van der Waals surface area contributed by atoms with Crippen molar-refractivity contribution in [2.24, 2.45) is 51.6 Å². The van der Waals surface area contributed by atoms with Crippen LogP contribution in [0.5, 0.6) is 0 Å². The van der Waals surface area contributed by atoms with Crippen LogP contribution in [0.4, 0.5) is 0 Å². The lowest BCUT2D eigenvalue weighted by atomic mass is 10.1. The van der Waals surface area contributed by atoms with Crippen LogP contribution in [0.25, 0.3) is 0 Å². The third-order valence-electron chi connectivity index (χ3n) is 21.8. The van der Waals surface area contributed by atoms with Crippen molar-refractivity contribution in [3.63, 3.8) is 0 Å². The molecule has 0 fully saturated rings. The zero-order valence-corrected chi connectivity index (χ0v) is 78.8. The van der Waals surface area contributed by atoms with Gasteiger partial charge in [-0.2, -0.15) is 0 Å². The standard InChI is InChI=1S/C88H143N37O12/c1-61(65-25-9-5-10-26-65)122(50-69(89)126)77(134)55-119(46-22-39-112-86(100)101)71(128)51-116(43-19-36-109-83(94)95)75(132)59-124(63(3)67-29-13-7-14-30-67)79(136)57-121(48-24-41-114-88(104)105)73(130)53-118(45-21-38-111-85(98)99)76(133)60-125(64(4)68-31-15-8-16-32-68)80(137)56-120(47-23-40-113-87(102)103)72(129)52-117(44-20-37-110-84(96)97)74(131)58-123(62(2)66-27-11-6-12-28-66)78(135)54-115(42-18-35-108-82(92)93)70(127)49-106-33-17-34-107-81(90)91/h5-16,25-32,61-64,106H,17-24,33-60H2,1-4H3,(H2,89,126)(H4,90,91,107)(H4,92,93,108)(H4,94,95,109)(H4,96,97,110)(H4,98,99,111)(H4,100,101,112)(H4,102,103,113)(H4,104,105,114)/t61-,62-,63-,64+/m1/s1. The number of benzene rings is 4. The second-order valence-electron chi connectivity index (χ2n) is 32.3. The minimum Gasteiger partial charge on any atom is -0.370 e. The molecule has 49 heteroatoms. The van der Waals surface area contributed by atoms with Crippen molar-refractivity contribution in [1.29, 1.82) is 43.3 Å². The number of carbonyl (C=O) groups excluding carboxylic acids is 12. The molecule has 0 radical (unpaired) electrons. The summed E-state index contributed by atoms with van der Waals surface area (Å²) in [7, 11) is 0. The van der Waals surface area contributed by atoms with Crippen molar-refractivity contribution in [2.75, 3.05) is 183 Å². The molecule has 0 bridgehead atoms. The summed E-state index contributed by atoms with van der Waals surface area (Å²) >= 11 is 0. The fourth-order valence-corrected chi connectivity index (χ4v) is 14.4. The first-order chi connectivity index (χ1) is 65.2. The van der Waals surface area contributed by atoms with E-state index >= 15 is 38.4 Å². The van der Waals surface area contributed by atoms with Crippen LogP contribution in [0.15, 0.2) is 121 Å². The number of nitrogens with two attached hydrogens (primary N) is 9. The minimum absolute atomic E-state index is 0.000900. The number of guanidine groups is 8. The van der Waals surface area contributed by atoms with Gasteiger partial charge in [-0.15, -0.1) is 0 Å².